The summed E-state index contributed by atoms with van der Waals surface area (Å²) in [6, 6.07) is 0.298. The van der Waals surface area contributed by atoms with Crippen molar-refractivity contribution >= 4 is 0 Å². The molecule has 0 saturated heterocycles. The Morgan fingerprint density at radius 2 is 2.25 bits per heavy atom. The molecular formula is C11H21N5. The summed E-state index contributed by atoms with van der Waals surface area (Å²) >= 11 is 0. The van der Waals surface area contributed by atoms with E-state index in [0.717, 1.165) is 12.1 Å². The first kappa shape index (κ1) is 11.5. The van der Waals surface area contributed by atoms with Crippen molar-refractivity contribution in [2.45, 2.75) is 45.1 Å². The van der Waals surface area contributed by atoms with Crippen molar-refractivity contribution in [2.24, 2.45) is 18.3 Å². The van der Waals surface area contributed by atoms with Crippen LogP contribution in [0.2, 0.25) is 0 Å². The maximum atomic E-state index is 5.69. The second-order valence-corrected chi connectivity index (χ2v) is 5.17. The highest BCUT2D eigenvalue weighted by Crippen LogP contribution is 2.41. The van der Waals surface area contributed by atoms with Crippen LogP contribution >= 0.6 is 0 Å². The second-order valence-electron chi connectivity index (χ2n) is 5.17. The van der Waals surface area contributed by atoms with E-state index in [4.69, 9.17) is 5.84 Å². The smallest absolute Gasteiger partial charge is 0.0843 e. The third-order valence-electron chi connectivity index (χ3n) is 3.85. The van der Waals surface area contributed by atoms with Crippen LogP contribution in [0.4, 0.5) is 0 Å². The summed E-state index contributed by atoms with van der Waals surface area (Å²) < 4.78 is 1.74. The number of nitrogens with one attached hydrogen (secondary N) is 1. The Labute approximate surface area is 96.4 Å². The van der Waals surface area contributed by atoms with Gasteiger partial charge >= 0.3 is 0 Å². The summed E-state index contributed by atoms with van der Waals surface area (Å²) in [7, 11) is 1.89. The Kier molecular flexibility index (Phi) is 3.25. The third kappa shape index (κ3) is 2.25. The van der Waals surface area contributed by atoms with Gasteiger partial charge < -0.3 is 0 Å². The Morgan fingerprint density at radius 1 is 1.56 bits per heavy atom. The summed E-state index contributed by atoms with van der Waals surface area (Å²) in [5.74, 6) is 5.69. The van der Waals surface area contributed by atoms with E-state index in [9.17, 15) is 0 Å². The number of nitrogens with zero attached hydrogens (tertiary/aromatic N) is 3. The topological polar surface area (TPSA) is 68.8 Å². The monoisotopic (exact) mass is 223 g/mol. The molecule has 5 heteroatoms. The van der Waals surface area contributed by atoms with E-state index in [1.165, 1.54) is 25.7 Å². The van der Waals surface area contributed by atoms with Gasteiger partial charge in [-0.05, 0) is 18.3 Å². The molecule has 0 amide bonds. The van der Waals surface area contributed by atoms with Gasteiger partial charge in [-0.1, -0.05) is 25.0 Å². The number of hydrogen-bond donors (Lipinski definition) is 2. The van der Waals surface area contributed by atoms with Crippen LogP contribution in [0.3, 0.4) is 0 Å². The van der Waals surface area contributed by atoms with Crippen molar-refractivity contribution in [3.05, 3.63) is 11.9 Å². The predicted molar refractivity (Wildman–Crippen MR) is 62.4 cm³/mol. The molecule has 1 heterocycles. The van der Waals surface area contributed by atoms with Crippen LogP contribution in [0, 0.1) is 5.41 Å². The maximum Gasteiger partial charge on any atom is 0.0843 e. The van der Waals surface area contributed by atoms with E-state index in [-0.39, 0.29) is 0 Å². The molecule has 5 nitrogen and oxygen atoms in total. The average Bonchev–Trinajstić information content (AvgIpc) is 2.85. The molecule has 2 rings (SSSR count). The van der Waals surface area contributed by atoms with Crippen LogP contribution in [0.5, 0.6) is 0 Å². The average molecular weight is 223 g/mol. The molecule has 3 N–H and O–H groups in total. The third-order valence-corrected chi connectivity index (χ3v) is 3.85. The molecule has 0 spiro atoms. The molecule has 1 fully saturated rings. The van der Waals surface area contributed by atoms with Crippen molar-refractivity contribution in [3.8, 4) is 0 Å². The summed E-state index contributed by atoms with van der Waals surface area (Å²) in [6.45, 7) is 2.32. The van der Waals surface area contributed by atoms with Crippen LogP contribution in [-0.2, 0) is 13.5 Å². The van der Waals surface area contributed by atoms with Gasteiger partial charge in [-0.3, -0.25) is 16.0 Å². The van der Waals surface area contributed by atoms with Gasteiger partial charge in [0.25, 0.3) is 0 Å². The molecule has 1 unspecified atom stereocenters. The molecule has 0 aliphatic heterocycles. The maximum absolute atomic E-state index is 5.69. The first-order valence-electron chi connectivity index (χ1n) is 5.95. The fourth-order valence-corrected chi connectivity index (χ4v) is 2.74. The molecule has 0 aromatic carbocycles. The Morgan fingerprint density at radius 3 is 2.75 bits per heavy atom. The fourth-order valence-electron chi connectivity index (χ4n) is 2.74. The zero-order chi connectivity index (χ0) is 11.6. The minimum Gasteiger partial charge on any atom is -0.271 e. The number of aromatic nitrogens is 3. The first-order valence-corrected chi connectivity index (χ1v) is 5.95. The molecule has 1 aromatic heterocycles. The summed E-state index contributed by atoms with van der Waals surface area (Å²) in [5, 5.41) is 8.07. The molecule has 1 saturated carbocycles. The van der Waals surface area contributed by atoms with E-state index >= 15 is 0 Å². The molecular weight excluding hydrogens is 202 g/mol. The molecule has 1 aliphatic rings. The molecule has 16 heavy (non-hydrogen) atoms. The van der Waals surface area contributed by atoms with Gasteiger partial charge in [0.1, 0.15) is 0 Å². The summed E-state index contributed by atoms with van der Waals surface area (Å²) in [4.78, 5) is 0. The van der Waals surface area contributed by atoms with Crippen molar-refractivity contribution < 1.29 is 0 Å². The number of rotatable bonds is 4. The van der Waals surface area contributed by atoms with Gasteiger partial charge in [0.2, 0.25) is 0 Å². The molecule has 1 aromatic rings. The van der Waals surface area contributed by atoms with Crippen molar-refractivity contribution in [2.75, 3.05) is 0 Å². The molecule has 1 aliphatic carbocycles. The zero-order valence-corrected chi connectivity index (χ0v) is 10.1. The normalized spacial score (nSPS) is 21.2. The highest BCUT2D eigenvalue weighted by Gasteiger charge is 2.36. The minimum atomic E-state index is 0.298. The van der Waals surface area contributed by atoms with E-state index in [2.05, 4.69) is 22.7 Å². The molecule has 90 valence electrons. The van der Waals surface area contributed by atoms with Crippen LogP contribution in [0.15, 0.2) is 6.20 Å². The molecule has 0 radical (unpaired) electrons. The van der Waals surface area contributed by atoms with Gasteiger partial charge in [0.15, 0.2) is 0 Å². The highest BCUT2D eigenvalue weighted by molar-refractivity contribution is 5.01. The van der Waals surface area contributed by atoms with Crippen LogP contribution in [0.1, 0.15) is 38.3 Å². The van der Waals surface area contributed by atoms with E-state index < -0.39 is 0 Å². The standard InChI is InChI=1S/C11H21N5/c1-11(5-3-4-6-11)10(13-12)7-9-8-16(2)15-14-9/h8,10,13H,3-7,12H2,1-2H3. The van der Waals surface area contributed by atoms with E-state index in [1.807, 2.05) is 13.2 Å². The number of aryl methyl sites for hydroxylation is 1. The molecule has 1 atom stereocenters. The zero-order valence-electron chi connectivity index (χ0n) is 10.1. The fraction of sp³-hybridized carbons (Fsp3) is 0.818. The lowest BCUT2D eigenvalue weighted by atomic mass is 9.79. The predicted octanol–water partition coefficient (Wildman–Crippen LogP) is 0.770. The van der Waals surface area contributed by atoms with Crippen LogP contribution in [0.25, 0.3) is 0 Å². The van der Waals surface area contributed by atoms with Crippen molar-refractivity contribution in [1.82, 2.24) is 20.4 Å². The van der Waals surface area contributed by atoms with E-state index in [0.29, 0.717) is 11.5 Å². The van der Waals surface area contributed by atoms with Gasteiger partial charge in [-0.25, -0.2) is 0 Å². The minimum absolute atomic E-state index is 0.298. The summed E-state index contributed by atoms with van der Waals surface area (Å²) in [5.41, 5.74) is 4.29. The lowest BCUT2D eigenvalue weighted by molar-refractivity contribution is 0.219. The first-order chi connectivity index (χ1) is 7.64. The van der Waals surface area contributed by atoms with Crippen molar-refractivity contribution in [1.29, 1.82) is 0 Å². The van der Waals surface area contributed by atoms with Gasteiger partial charge in [-0.2, -0.15) is 0 Å². The number of hydrogen-bond acceptors (Lipinski definition) is 4. The Bertz CT molecular complexity index is 340. The lowest BCUT2D eigenvalue weighted by Crippen LogP contribution is -2.47. The van der Waals surface area contributed by atoms with Gasteiger partial charge in [0.05, 0.1) is 5.69 Å². The van der Waals surface area contributed by atoms with Crippen LogP contribution < -0.4 is 11.3 Å². The van der Waals surface area contributed by atoms with Crippen LogP contribution in [-0.4, -0.2) is 21.0 Å². The second kappa shape index (κ2) is 4.51. The quantitative estimate of drug-likeness (QED) is 0.584. The van der Waals surface area contributed by atoms with Crippen molar-refractivity contribution in [3.63, 3.8) is 0 Å². The summed E-state index contributed by atoms with van der Waals surface area (Å²) in [6.07, 6.45) is 7.96. The van der Waals surface area contributed by atoms with Gasteiger partial charge in [-0.15, -0.1) is 5.10 Å². The lowest BCUT2D eigenvalue weighted by Gasteiger charge is -2.33. The Balaban J connectivity index is 2.05. The van der Waals surface area contributed by atoms with E-state index in [1.54, 1.807) is 4.68 Å². The largest absolute Gasteiger partial charge is 0.271 e. The number of hydrazine groups is 1. The van der Waals surface area contributed by atoms with Gasteiger partial charge in [0, 0.05) is 25.7 Å². The molecule has 0 bridgehead atoms. The SMILES string of the molecule is Cn1cc(CC(NN)C2(C)CCCC2)nn1. The number of nitrogens with two attached hydrogens (primary N) is 1. The highest BCUT2D eigenvalue weighted by atomic mass is 15.4. The Hall–Kier alpha value is -0.940.